The third-order valence-corrected chi connectivity index (χ3v) is 8.86. The summed E-state index contributed by atoms with van der Waals surface area (Å²) in [6.45, 7) is 5.60. The first-order valence-electron chi connectivity index (χ1n) is 14.9. The molecule has 1 fully saturated rings. The van der Waals surface area contributed by atoms with Crippen LogP contribution in [0.25, 0.3) is 0 Å². The normalized spacial score (nSPS) is 19.0. The molecule has 0 bridgehead atoms. The van der Waals surface area contributed by atoms with Crippen LogP contribution in [0.1, 0.15) is 38.0 Å². The Balaban J connectivity index is 1.57. The van der Waals surface area contributed by atoms with Crippen LogP contribution >= 0.6 is 11.8 Å². The molecule has 1 aromatic heterocycles. The zero-order chi connectivity index (χ0) is 33.7. The largest absolute Gasteiger partial charge is 0.466 e. The first kappa shape index (κ1) is 33.4. The van der Waals surface area contributed by atoms with Crippen molar-refractivity contribution in [3.8, 4) is 0 Å². The van der Waals surface area contributed by atoms with Crippen molar-refractivity contribution in [3.05, 3.63) is 95.3 Å². The predicted octanol–water partition coefficient (Wildman–Crippen LogP) is 2.26. The lowest BCUT2D eigenvalue weighted by Crippen LogP contribution is -2.66. The summed E-state index contributed by atoms with van der Waals surface area (Å²) in [6, 6.07) is 20.0. The molecule has 2 aliphatic heterocycles. The van der Waals surface area contributed by atoms with E-state index >= 15 is 0 Å². The van der Waals surface area contributed by atoms with Gasteiger partial charge in [0.15, 0.2) is 30.6 Å². The molecule has 3 N–H and O–H groups in total. The summed E-state index contributed by atoms with van der Waals surface area (Å²) in [5.74, 6) is -2.87. The molecule has 13 nitrogen and oxygen atoms in total. The molecule has 0 aliphatic carbocycles. The Morgan fingerprint density at radius 2 is 1.68 bits per heavy atom. The second kappa shape index (κ2) is 14.2. The van der Waals surface area contributed by atoms with Crippen molar-refractivity contribution < 1.29 is 42.9 Å². The van der Waals surface area contributed by atoms with Gasteiger partial charge in [-0.2, -0.15) is 0 Å². The summed E-state index contributed by atoms with van der Waals surface area (Å²) in [5.41, 5.74) is 7.58. The average molecular weight is 663 g/mol. The number of carbonyl (C=O) groups is 5. The van der Waals surface area contributed by atoms with Gasteiger partial charge < -0.3 is 25.3 Å². The SMILES string of the molecule is CC(C)(C)OC(=O)[C@@H]1C(=O)N2C(C(=O)OC(c3ccccc3)c3ccccc3)=C(C[n+]3ccc(NC=O)n3CCOC=O)C(N)S[C@H]12. The number of amides is 2. The molecule has 47 heavy (non-hydrogen) atoms. The maximum Gasteiger partial charge on any atom is 0.356 e. The number of hydrogen-bond acceptors (Lipinski definition) is 10. The van der Waals surface area contributed by atoms with Crippen LogP contribution in [0, 0.1) is 5.92 Å². The summed E-state index contributed by atoms with van der Waals surface area (Å²) in [5, 5.41) is 0.962. The molecular weight excluding hydrogens is 626 g/mol. The Labute approximate surface area is 275 Å². The number of nitrogens with one attached hydrogen (secondary N) is 1. The molecule has 14 heteroatoms. The highest BCUT2D eigenvalue weighted by atomic mass is 32.2. The lowest BCUT2D eigenvalue weighted by atomic mass is 9.94. The second-order valence-corrected chi connectivity index (χ2v) is 13.1. The number of hydrogen-bond donors (Lipinski definition) is 2. The van der Waals surface area contributed by atoms with E-state index in [1.165, 1.54) is 4.90 Å². The first-order valence-corrected chi connectivity index (χ1v) is 15.8. The van der Waals surface area contributed by atoms with Gasteiger partial charge in [-0.15, -0.1) is 21.1 Å². The first-order chi connectivity index (χ1) is 22.5. The summed E-state index contributed by atoms with van der Waals surface area (Å²) < 4.78 is 19.9. The van der Waals surface area contributed by atoms with E-state index < -0.39 is 46.2 Å². The highest BCUT2D eigenvalue weighted by Gasteiger charge is 2.60. The van der Waals surface area contributed by atoms with Gasteiger partial charge >= 0.3 is 11.9 Å². The van der Waals surface area contributed by atoms with E-state index in [0.717, 1.165) is 11.8 Å². The van der Waals surface area contributed by atoms with Crippen LogP contribution in [-0.4, -0.2) is 63.3 Å². The van der Waals surface area contributed by atoms with E-state index in [1.54, 1.807) is 42.4 Å². The van der Waals surface area contributed by atoms with Crippen molar-refractivity contribution in [3.63, 3.8) is 0 Å². The van der Waals surface area contributed by atoms with Gasteiger partial charge in [0.25, 0.3) is 6.47 Å². The molecule has 3 heterocycles. The molecular formula is C33H36N5O8S+. The van der Waals surface area contributed by atoms with Gasteiger partial charge in [0.05, 0.1) is 17.0 Å². The highest BCUT2D eigenvalue weighted by Crippen LogP contribution is 2.47. The molecule has 2 amide bonds. The Kier molecular flexibility index (Phi) is 10.1. The van der Waals surface area contributed by atoms with Crippen molar-refractivity contribution in [2.24, 2.45) is 11.7 Å². The van der Waals surface area contributed by atoms with Crippen LogP contribution in [0.15, 0.2) is 84.2 Å². The fourth-order valence-corrected chi connectivity index (χ4v) is 6.85. The zero-order valence-electron chi connectivity index (χ0n) is 26.1. The number of nitrogens with two attached hydrogens (primary N) is 1. The van der Waals surface area contributed by atoms with Gasteiger partial charge in [-0.1, -0.05) is 60.7 Å². The van der Waals surface area contributed by atoms with Crippen molar-refractivity contribution in [2.75, 3.05) is 11.9 Å². The third-order valence-electron chi connectivity index (χ3n) is 7.52. The van der Waals surface area contributed by atoms with Crippen LogP contribution in [0.2, 0.25) is 0 Å². The van der Waals surface area contributed by atoms with Gasteiger partial charge in [-0.05, 0) is 31.9 Å². The molecule has 1 unspecified atom stereocenters. The van der Waals surface area contributed by atoms with Gasteiger partial charge in [-0.25, -0.2) is 4.79 Å². The van der Waals surface area contributed by atoms with Crippen LogP contribution in [0.5, 0.6) is 0 Å². The van der Waals surface area contributed by atoms with Crippen molar-refractivity contribution in [1.29, 1.82) is 0 Å². The Morgan fingerprint density at radius 1 is 1.04 bits per heavy atom. The summed E-state index contributed by atoms with van der Waals surface area (Å²) in [4.78, 5) is 64.5. The summed E-state index contributed by atoms with van der Waals surface area (Å²) in [6.07, 6.45) is 1.35. The standard InChI is InChI=1S/C33H35N5O8S/c1-33(2,3)46-31(42)25-29(41)38-26(32(43)45-27(21-10-6-4-7-11-21)22-12-8-5-9-13-22)23(28(34)47-30(25)38)18-36-15-14-24(35-19-39)37(36)16-17-44-20-40/h4-15,19-20,25,27-28,30H,16-18,34H2,1-3H3/p+1/t25-,28?,30-/m1/s1. The van der Waals surface area contributed by atoms with E-state index in [2.05, 4.69) is 5.32 Å². The van der Waals surface area contributed by atoms with Crippen molar-refractivity contribution >= 4 is 48.3 Å². The highest BCUT2D eigenvalue weighted by molar-refractivity contribution is 8.00. The molecule has 2 aromatic carbocycles. The van der Waals surface area contributed by atoms with Gasteiger partial charge in [0.2, 0.25) is 12.3 Å². The van der Waals surface area contributed by atoms with Gasteiger partial charge in [0, 0.05) is 0 Å². The number of ether oxygens (including phenoxy) is 3. The van der Waals surface area contributed by atoms with E-state index in [4.69, 9.17) is 19.9 Å². The third kappa shape index (κ3) is 7.23. The smallest absolute Gasteiger partial charge is 0.356 e. The maximum absolute atomic E-state index is 14.4. The van der Waals surface area contributed by atoms with Crippen LogP contribution in [0.3, 0.4) is 0 Å². The fourth-order valence-electron chi connectivity index (χ4n) is 5.48. The predicted molar refractivity (Wildman–Crippen MR) is 170 cm³/mol. The van der Waals surface area contributed by atoms with Gasteiger partial charge in [0.1, 0.15) is 29.8 Å². The number of thioether (sulfide) groups is 1. The Hall–Kier alpha value is -4.95. The number of anilines is 1. The second-order valence-electron chi connectivity index (χ2n) is 11.8. The minimum absolute atomic E-state index is 0.000547. The summed E-state index contributed by atoms with van der Waals surface area (Å²) >= 11 is 1.16. The van der Waals surface area contributed by atoms with Crippen LogP contribution in [0.4, 0.5) is 5.82 Å². The Morgan fingerprint density at radius 3 is 2.26 bits per heavy atom. The number of rotatable bonds is 13. The van der Waals surface area contributed by atoms with Crippen molar-refractivity contribution in [2.45, 2.75) is 56.3 Å². The van der Waals surface area contributed by atoms with E-state index in [-0.39, 0.29) is 25.4 Å². The van der Waals surface area contributed by atoms with E-state index in [9.17, 15) is 24.0 Å². The molecule has 2 aliphatic rings. The molecule has 0 saturated carbocycles. The molecule has 3 atom stereocenters. The van der Waals surface area contributed by atoms with Crippen LogP contribution in [-0.2, 0) is 51.3 Å². The van der Waals surface area contributed by atoms with Crippen LogP contribution < -0.4 is 15.7 Å². The maximum atomic E-state index is 14.4. The minimum Gasteiger partial charge on any atom is -0.466 e. The zero-order valence-corrected chi connectivity index (χ0v) is 26.9. The number of aromatic nitrogens is 2. The topological polar surface area (TPSA) is 163 Å². The molecule has 0 radical (unpaired) electrons. The molecule has 246 valence electrons. The lowest BCUT2D eigenvalue weighted by molar-refractivity contribution is -0.768. The number of carbonyl (C=O) groups excluding carboxylic acids is 5. The molecule has 0 spiro atoms. The quantitative estimate of drug-likeness (QED) is 0.0528. The lowest BCUT2D eigenvalue weighted by Gasteiger charge is -2.50. The van der Waals surface area contributed by atoms with E-state index in [0.29, 0.717) is 35.4 Å². The molecule has 1 saturated heterocycles. The number of fused-ring (bicyclic) bond motifs is 1. The fraction of sp³-hybridized carbons (Fsp3) is 0.333. The number of esters is 2. The Bertz CT molecular complexity index is 1630. The number of nitrogens with zero attached hydrogens (tertiary/aromatic N) is 3. The summed E-state index contributed by atoms with van der Waals surface area (Å²) in [7, 11) is 0. The molecule has 5 rings (SSSR count). The van der Waals surface area contributed by atoms with Gasteiger partial charge in [-0.3, -0.25) is 24.1 Å². The minimum atomic E-state index is -1.16. The monoisotopic (exact) mass is 662 g/mol. The van der Waals surface area contributed by atoms with Crippen molar-refractivity contribution in [1.82, 2.24) is 9.58 Å². The number of β-lactam (4-membered cyclic amide) rings is 1. The number of benzene rings is 2. The average Bonchev–Trinajstić information content (AvgIpc) is 3.41. The molecule has 3 aromatic rings. The van der Waals surface area contributed by atoms with E-state index in [1.807, 2.05) is 60.7 Å².